The van der Waals surface area contributed by atoms with Gasteiger partial charge in [0.15, 0.2) is 0 Å². The number of aryl methyl sites for hydroxylation is 1. The van der Waals surface area contributed by atoms with E-state index in [4.69, 9.17) is 11.6 Å². The highest BCUT2D eigenvalue weighted by Gasteiger charge is 2.33. The minimum Gasteiger partial charge on any atom is -0.256 e. The van der Waals surface area contributed by atoms with Crippen LogP contribution in [0, 0.1) is 17.5 Å². The van der Waals surface area contributed by atoms with Crippen molar-refractivity contribution in [2.75, 3.05) is 16.6 Å². The fourth-order valence-corrected chi connectivity index (χ4v) is 6.86. The number of rotatable bonds is 11. The molecule has 0 bridgehead atoms. The minimum absolute atomic E-state index is 0.0997. The van der Waals surface area contributed by atoms with Crippen molar-refractivity contribution in [3.63, 3.8) is 0 Å². The van der Waals surface area contributed by atoms with Crippen LogP contribution >= 0.6 is 11.6 Å². The Balaban J connectivity index is 2.10. The zero-order chi connectivity index (χ0) is 27.4. The van der Waals surface area contributed by atoms with Gasteiger partial charge in [0.05, 0.1) is 22.4 Å². The second kappa shape index (κ2) is 11.8. The Morgan fingerprint density at radius 3 is 2.19 bits per heavy atom. The van der Waals surface area contributed by atoms with E-state index in [0.29, 0.717) is 11.1 Å². The first-order chi connectivity index (χ1) is 17.4. The normalized spacial score (nSPS) is 12.9. The lowest BCUT2D eigenvalue weighted by Crippen LogP contribution is -2.35. The van der Waals surface area contributed by atoms with Crippen molar-refractivity contribution in [2.45, 2.75) is 37.6 Å². The second-order valence-corrected chi connectivity index (χ2v) is 12.5. The van der Waals surface area contributed by atoms with Crippen LogP contribution in [0.4, 0.5) is 18.9 Å². The number of hydrogen-bond donors (Lipinski definition) is 1. The molecule has 0 saturated heterocycles. The van der Waals surface area contributed by atoms with Crippen LogP contribution < -0.4 is 9.03 Å². The van der Waals surface area contributed by atoms with Gasteiger partial charge in [-0.3, -0.25) is 4.31 Å². The average molecular weight is 575 g/mol. The molecule has 6 nitrogen and oxygen atoms in total. The van der Waals surface area contributed by atoms with E-state index in [2.05, 4.69) is 4.72 Å². The van der Waals surface area contributed by atoms with Crippen molar-refractivity contribution >= 4 is 37.3 Å². The van der Waals surface area contributed by atoms with E-state index < -0.39 is 49.2 Å². The van der Waals surface area contributed by atoms with Crippen molar-refractivity contribution in [3.8, 4) is 0 Å². The standard InChI is InChI=1S/C25H26ClF3N2O4S2/c1-3-30-36(32,33)14-4-5-18-15-20(27)8-12-23(18)17(2)31(25-16-21(28)9-13-24(25)29)37(34,35)22-10-6-19(26)7-11-22/h6-13,15-17,30H,3-5,14H2,1-2H3/t17-/m1/s1. The third-order valence-electron chi connectivity index (χ3n) is 5.65. The maximum Gasteiger partial charge on any atom is 0.264 e. The summed E-state index contributed by atoms with van der Waals surface area (Å²) < 4.78 is 98.0. The molecule has 200 valence electrons. The molecule has 0 spiro atoms. The van der Waals surface area contributed by atoms with E-state index >= 15 is 0 Å². The molecule has 0 radical (unpaired) electrons. The lowest BCUT2D eigenvalue weighted by atomic mass is 9.97. The highest BCUT2D eigenvalue weighted by atomic mass is 35.5. The zero-order valence-corrected chi connectivity index (χ0v) is 22.5. The molecule has 0 heterocycles. The van der Waals surface area contributed by atoms with Gasteiger partial charge in [0.2, 0.25) is 10.0 Å². The molecule has 0 aliphatic carbocycles. The van der Waals surface area contributed by atoms with Crippen molar-refractivity contribution < 1.29 is 30.0 Å². The monoisotopic (exact) mass is 574 g/mol. The smallest absolute Gasteiger partial charge is 0.256 e. The number of halogens is 4. The second-order valence-electron chi connectivity index (χ2n) is 8.29. The number of sulfonamides is 2. The summed E-state index contributed by atoms with van der Waals surface area (Å²) >= 11 is 5.90. The highest BCUT2D eigenvalue weighted by molar-refractivity contribution is 7.92. The van der Waals surface area contributed by atoms with Crippen LogP contribution in [-0.2, 0) is 26.5 Å². The quantitative estimate of drug-likeness (QED) is 0.324. The van der Waals surface area contributed by atoms with Crippen LogP contribution in [0.1, 0.15) is 37.4 Å². The molecule has 0 unspecified atom stereocenters. The van der Waals surface area contributed by atoms with Gasteiger partial charge in [0, 0.05) is 17.6 Å². The average Bonchev–Trinajstić information content (AvgIpc) is 2.81. The third-order valence-corrected chi connectivity index (χ3v) is 9.35. The molecule has 3 rings (SSSR count). The first kappa shape index (κ1) is 29.0. The minimum atomic E-state index is -4.47. The van der Waals surface area contributed by atoms with E-state index in [1.165, 1.54) is 43.3 Å². The van der Waals surface area contributed by atoms with Crippen molar-refractivity contribution in [2.24, 2.45) is 0 Å². The molecule has 37 heavy (non-hydrogen) atoms. The van der Waals surface area contributed by atoms with E-state index in [-0.39, 0.29) is 35.1 Å². The first-order valence-electron chi connectivity index (χ1n) is 11.4. The van der Waals surface area contributed by atoms with E-state index in [1.54, 1.807) is 6.92 Å². The zero-order valence-electron chi connectivity index (χ0n) is 20.1. The lowest BCUT2D eigenvalue weighted by Gasteiger charge is -2.32. The number of nitrogens with zero attached hydrogens (tertiary/aromatic N) is 1. The van der Waals surface area contributed by atoms with Gasteiger partial charge < -0.3 is 0 Å². The predicted molar refractivity (Wildman–Crippen MR) is 138 cm³/mol. The molecule has 3 aromatic rings. The van der Waals surface area contributed by atoms with E-state index in [0.717, 1.165) is 28.6 Å². The summed E-state index contributed by atoms with van der Waals surface area (Å²) in [5.41, 5.74) is 0.114. The Morgan fingerprint density at radius 2 is 1.54 bits per heavy atom. The summed E-state index contributed by atoms with van der Waals surface area (Å²) in [5, 5.41) is 0.281. The van der Waals surface area contributed by atoms with Crippen LogP contribution in [0.25, 0.3) is 0 Å². The molecule has 12 heteroatoms. The van der Waals surface area contributed by atoms with E-state index in [9.17, 15) is 30.0 Å². The Morgan fingerprint density at radius 1 is 0.919 bits per heavy atom. The Bertz CT molecular complexity index is 1470. The Labute approximate surface area is 220 Å². The summed E-state index contributed by atoms with van der Waals surface area (Å²) in [6.07, 6.45) is 0.222. The third kappa shape index (κ3) is 7.04. The van der Waals surface area contributed by atoms with Gasteiger partial charge in [0.1, 0.15) is 17.5 Å². The molecule has 1 N–H and O–H groups in total. The Hall–Kier alpha value is -2.60. The maximum atomic E-state index is 14.9. The van der Waals surface area contributed by atoms with Crippen molar-refractivity contribution in [1.82, 2.24) is 4.72 Å². The summed E-state index contributed by atoms with van der Waals surface area (Å²) in [6.45, 7) is 3.33. The molecule has 0 saturated carbocycles. The summed E-state index contributed by atoms with van der Waals surface area (Å²) in [4.78, 5) is -0.215. The van der Waals surface area contributed by atoms with Crippen LogP contribution in [0.2, 0.25) is 5.02 Å². The van der Waals surface area contributed by atoms with Gasteiger partial charge in [-0.25, -0.2) is 34.7 Å². The van der Waals surface area contributed by atoms with Gasteiger partial charge in [-0.1, -0.05) is 24.6 Å². The first-order valence-corrected chi connectivity index (χ1v) is 14.8. The number of nitrogens with one attached hydrogen (secondary N) is 1. The molecule has 1 atom stereocenters. The molecule has 0 amide bonds. The topological polar surface area (TPSA) is 83.6 Å². The number of benzene rings is 3. The molecule has 0 aliphatic heterocycles. The van der Waals surface area contributed by atoms with Crippen molar-refractivity contribution in [3.05, 3.63) is 94.3 Å². The van der Waals surface area contributed by atoms with Crippen molar-refractivity contribution in [1.29, 1.82) is 0 Å². The number of hydrogen-bond acceptors (Lipinski definition) is 4. The van der Waals surface area contributed by atoms with Gasteiger partial charge in [-0.05, 0) is 79.4 Å². The highest BCUT2D eigenvalue weighted by Crippen LogP contribution is 2.37. The molecule has 3 aromatic carbocycles. The molecule has 0 aliphatic rings. The van der Waals surface area contributed by atoms with Gasteiger partial charge in [-0.15, -0.1) is 0 Å². The SMILES string of the molecule is CCNS(=O)(=O)CCCc1cc(F)ccc1[C@@H](C)N(c1cc(F)ccc1F)S(=O)(=O)c1ccc(Cl)cc1. The fourth-order valence-electron chi connectivity index (χ4n) is 3.99. The summed E-state index contributed by atoms with van der Waals surface area (Å²) in [7, 11) is -8.00. The molecular weight excluding hydrogens is 549 g/mol. The van der Waals surface area contributed by atoms with E-state index in [1.807, 2.05) is 0 Å². The Kier molecular flexibility index (Phi) is 9.27. The fraction of sp³-hybridized carbons (Fsp3) is 0.280. The number of anilines is 1. The molecular formula is C25H26ClF3N2O4S2. The van der Waals surface area contributed by atoms with Gasteiger partial charge >= 0.3 is 0 Å². The van der Waals surface area contributed by atoms with Crippen LogP contribution in [-0.4, -0.2) is 29.1 Å². The van der Waals surface area contributed by atoms with Crippen LogP contribution in [0.3, 0.4) is 0 Å². The lowest BCUT2D eigenvalue weighted by molar-refractivity contribution is 0.569. The maximum absolute atomic E-state index is 14.9. The summed E-state index contributed by atoms with van der Waals surface area (Å²) in [6, 6.07) is 10.2. The molecule has 0 fully saturated rings. The molecule has 0 aromatic heterocycles. The van der Waals surface area contributed by atoms with Crippen LogP contribution in [0.15, 0.2) is 65.6 Å². The largest absolute Gasteiger partial charge is 0.264 e. The van der Waals surface area contributed by atoms with Gasteiger partial charge in [0.25, 0.3) is 10.0 Å². The summed E-state index contributed by atoms with van der Waals surface area (Å²) in [5.74, 6) is -2.67. The predicted octanol–water partition coefficient (Wildman–Crippen LogP) is 5.59. The van der Waals surface area contributed by atoms with Gasteiger partial charge in [-0.2, -0.15) is 0 Å². The van der Waals surface area contributed by atoms with Crippen LogP contribution in [0.5, 0.6) is 0 Å².